The molecule has 0 bridgehead atoms. The average Bonchev–Trinajstić information content (AvgIpc) is 3.60. The van der Waals surface area contributed by atoms with Gasteiger partial charge in [-0.1, -0.05) is 48.5 Å². The molecule has 0 aliphatic heterocycles. The van der Waals surface area contributed by atoms with Crippen LogP contribution in [0.2, 0.25) is 0 Å². The maximum atomic E-state index is 12.1. The van der Waals surface area contributed by atoms with Crippen LogP contribution in [0, 0.1) is 0 Å². The van der Waals surface area contributed by atoms with E-state index in [1.54, 1.807) is 26.4 Å². The minimum absolute atomic E-state index is 0.367. The minimum atomic E-state index is -0.367. The van der Waals surface area contributed by atoms with Crippen LogP contribution < -0.4 is 14.4 Å². The second-order valence-electron chi connectivity index (χ2n) is 10.6. The lowest BCUT2D eigenvalue weighted by molar-refractivity contribution is 0.0600. The summed E-state index contributed by atoms with van der Waals surface area (Å²) in [4.78, 5) is 14.3. The van der Waals surface area contributed by atoms with Gasteiger partial charge >= 0.3 is 5.97 Å². The molecular weight excluding hydrogens is 595 g/mol. The Kier molecular flexibility index (Phi) is 7.78. The first-order chi connectivity index (χ1) is 22.6. The summed E-state index contributed by atoms with van der Waals surface area (Å²) in [6, 6.07) is 40.3. The van der Waals surface area contributed by atoms with Gasteiger partial charge < -0.3 is 19.1 Å². The van der Waals surface area contributed by atoms with Crippen molar-refractivity contribution in [1.29, 1.82) is 0 Å². The molecule has 8 heteroatoms. The van der Waals surface area contributed by atoms with Crippen molar-refractivity contribution in [2.45, 2.75) is 0 Å². The highest BCUT2D eigenvalue weighted by Crippen LogP contribution is 2.44. The molecule has 0 fully saturated rings. The molecule has 7 aromatic rings. The molecule has 46 heavy (non-hydrogen) atoms. The number of aromatic nitrogens is 2. The second-order valence-corrected chi connectivity index (χ2v) is 11.1. The largest absolute Gasteiger partial charge is 0.497 e. The van der Waals surface area contributed by atoms with E-state index in [0.29, 0.717) is 5.56 Å². The number of hydrogen-bond acceptors (Lipinski definition) is 8. The number of methoxy groups -OCH3 is 3. The topological polar surface area (TPSA) is 73.8 Å². The molecule has 1 aromatic heterocycles. The number of ether oxygens (including phenoxy) is 3. The van der Waals surface area contributed by atoms with Crippen molar-refractivity contribution in [3.63, 3.8) is 0 Å². The van der Waals surface area contributed by atoms with E-state index >= 15 is 0 Å². The first kappa shape index (κ1) is 29.0. The maximum absolute atomic E-state index is 12.1. The van der Waals surface area contributed by atoms with E-state index in [1.807, 2.05) is 72.8 Å². The molecule has 1 heterocycles. The minimum Gasteiger partial charge on any atom is -0.497 e. The highest BCUT2D eigenvalue weighted by Gasteiger charge is 2.21. The number of carbonyl (C=O) groups excluding carboxylic acids is 1. The van der Waals surface area contributed by atoms with Crippen LogP contribution in [0.5, 0.6) is 11.5 Å². The number of hydrogen-bond donors (Lipinski definition) is 0. The van der Waals surface area contributed by atoms with Crippen LogP contribution >= 0.6 is 11.7 Å². The van der Waals surface area contributed by atoms with Gasteiger partial charge in [-0.15, -0.1) is 0 Å². The molecule has 0 amide bonds. The number of nitrogens with zero attached hydrogens (tertiary/aromatic N) is 3. The van der Waals surface area contributed by atoms with E-state index in [9.17, 15) is 4.79 Å². The smallest absolute Gasteiger partial charge is 0.337 e. The first-order valence-corrected chi connectivity index (χ1v) is 15.4. The molecule has 0 aliphatic carbocycles. The van der Waals surface area contributed by atoms with Gasteiger partial charge in [0, 0.05) is 28.2 Å². The predicted molar refractivity (Wildman–Crippen MR) is 185 cm³/mol. The van der Waals surface area contributed by atoms with Crippen LogP contribution in [0.3, 0.4) is 0 Å². The summed E-state index contributed by atoms with van der Waals surface area (Å²) in [5, 5.41) is 2.13. The Morgan fingerprint density at radius 1 is 0.565 bits per heavy atom. The molecule has 226 valence electrons. The zero-order chi connectivity index (χ0) is 31.6. The van der Waals surface area contributed by atoms with Crippen molar-refractivity contribution < 1.29 is 19.0 Å². The van der Waals surface area contributed by atoms with E-state index in [-0.39, 0.29) is 5.97 Å². The van der Waals surface area contributed by atoms with E-state index < -0.39 is 0 Å². The molecule has 0 unspecified atom stereocenters. The standard InChI is InChI=1S/C38H29N3O4S/c1-43-30-20-16-28(17-21-30)41(29-18-22-31(44-2)23-19-29)27-14-12-25(13-15-27)35-33-7-5-4-6-32(33)34(36-37(35)40-46-39-36)24-8-10-26(11-9-24)38(42)45-3/h4-23H,1-3H3. The average molecular weight is 624 g/mol. The van der Waals surface area contributed by atoms with Gasteiger partial charge in [0.05, 0.1) is 38.6 Å². The molecule has 0 aliphatic rings. The summed E-state index contributed by atoms with van der Waals surface area (Å²) in [6.45, 7) is 0. The van der Waals surface area contributed by atoms with Crippen molar-refractivity contribution in [3.8, 4) is 33.8 Å². The van der Waals surface area contributed by atoms with Gasteiger partial charge in [0.2, 0.25) is 0 Å². The summed E-state index contributed by atoms with van der Waals surface area (Å²) < 4.78 is 25.3. The maximum Gasteiger partial charge on any atom is 0.337 e. The van der Waals surface area contributed by atoms with Gasteiger partial charge in [0.1, 0.15) is 22.5 Å². The van der Waals surface area contributed by atoms with Gasteiger partial charge in [-0.3, -0.25) is 0 Å². The molecule has 7 nitrogen and oxygen atoms in total. The number of fused-ring (bicyclic) bond motifs is 2. The lowest BCUT2D eigenvalue weighted by Gasteiger charge is -2.26. The summed E-state index contributed by atoms with van der Waals surface area (Å²) >= 11 is 1.20. The molecule has 0 N–H and O–H groups in total. The van der Waals surface area contributed by atoms with Gasteiger partial charge in [0.25, 0.3) is 0 Å². The first-order valence-electron chi connectivity index (χ1n) is 14.6. The number of esters is 1. The van der Waals surface area contributed by atoms with Crippen LogP contribution in [0.25, 0.3) is 44.1 Å². The molecule has 0 spiro atoms. The summed E-state index contributed by atoms with van der Waals surface area (Å²) in [5.41, 5.74) is 9.17. The van der Waals surface area contributed by atoms with E-state index in [1.165, 1.54) is 18.8 Å². The number of anilines is 3. The zero-order valence-electron chi connectivity index (χ0n) is 25.4. The monoisotopic (exact) mass is 623 g/mol. The van der Waals surface area contributed by atoms with E-state index in [0.717, 1.165) is 72.6 Å². The fourth-order valence-electron chi connectivity index (χ4n) is 5.85. The zero-order valence-corrected chi connectivity index (χ0v) is 26.2. The fraction of sp³-hybridized carbons (Fsp3) is 0.0789. The third-order valence-corrected chi connectivity index (χ3v) is 8.63. The Labute approximate surface area is 270 Å². The molecule has 0 saturated heterocycles. The van der Waals surface area contributed by atoms with Crippen molar-refractivity contribution in [2.75, 3.05) is 26.2 Å². The van der Waals surface area contributed by atoms with Crippen molar-refractivity contribution in [3.05, 3.63) is 127 Å². The molecule has 6 aromatic carbocycles. The molecule has 0 atom stereocenters. The predicted octanol–water partition coefficient (Wildman–Crippen LogP) is 9.45. The lowest BCUT2D eigenvalue weighted by atomic mass is 9.90. The van der Waals surface area contributed by atoms with Gasteiger partial charge in [-0.25, -0.2) is 4.79 Å². The quantitative estimate of drug-likeness (QED) is 0.156. The van der Waals surface area contributed by atoms with Gasteiger partial charge in [-0.2, -0.15) is 8.75 Å². The van der Waals surface area contributed by atoms with Crippen LogP contribution in [-0.4, -0.2) is 36.0 Å². The highest BCUT2D eigenvalue weighted by atomic mass is 32.1. The lowest BCUT2D eigenvalue weighted by Crippen LogP contribution is -2.09. The molecule has 0 saturated carbocycles. The van der Waals surface area contributed by atoms with Crippen LogP contribution in [-0.2, 0) is 4.74 Å². The second kappa shape index (κ2) is 12.3. The number of benzene rings is 6. The number of carbonyl (C=O) groups is 1. The summed E-state index contributed by atoms with van der Waals surface area (Å²) in [6.07, 6.45) is 0. The molecular formula is C38H29N3O4S. The van der Waals surface area contributed by atoms with E-state index in [4.69, 9.17) is 23.0 Å². The molecule has 0 radical (unpaired) electrons. The molecule has 7 rings (SSSR count). The van der Waals surface area contributed by atoms with Gasteiger partial charge in [-0.05, 0) is 94.7 Å². The Morgan fingerprint density at radius 2 is 0.978 bits per heavy atom. The van der Waals surface area contributed by atoms with Crippen LogP contribution in [0.1, 0.15) is 10.4 Å². The summed E-state index contributed by atoms with van der Waals surface area (Å²) in [7, 11) is 4.72. The van der Waals surface area contributed by atoms with Crippen LogP contribution in [0.15, 0.2) is 121 Å². The van der Waals surface area contributed by atoms with E-state index in [2.05, 4.69) is 41.3 Å². The Hall–Kier alpha value is -5.73. The van der Waals surface area contributed by atoms with Crippen LogP contribution in [0.4, 0.5) is 17.1 Å². The van der Waals surface area contributed by atoms with Crippen molar-refractivity contribution in [1.82, 2.24) is 8.75 Å². The SMILES string of the molecule is COC(=O)c1ccc(-c2c3ccccc3c(-c3ccc(N(c4ccc(OC)cc4)c4ccc(OC)cc4)cc3)c3nsnc23)cc1. The fourth-order valence-corrected chi connectivity index (χ4v) is 6.41. The number of rotatable bonds is 8. The normalized spacial score (nSPS) is 11.0. The Bertz CT molecular complexity index is 2110. The van der Waals surface area contributed by atoms with Gasteiger partial charge in [0.15, 0.2) is 0 Å². The third kappa shape index (κ3) is 5.18. The van der Waals surface area contributed by atoms with Crippen molar-refractivity contribution in [2.24, 2.45) is 0 Å². The van der Waals surface area contributed by atoms with Crippen molar-refractivity contribution >= 4 is 56.6 Å². The highest BCUT2D eigenvalue weighted by molar-refractivity contribution is 7.00. The third-order valence-electron chi connectivity index (χ3n) is 8.10. The Morgan fingerprint density at radius 3 is 1.39 bits per heavy atom. The Balaban J connectivity index is 1.35. The summed E-state index contributed by atoms with van der Waals surface area (Å²) in [5.74, 6) is 1.22.